The Morgan fingerprint density at radius 2 is 1.51 bits per heavy atom. The standard InChI is InChI=1S/C28H28F3NO5/c1-35-24-15-9-14-23(25(24)36-2)27(19-10-5-3-6-11-19,20-12-7-4-8-13-20)37-18-21-16-22(33)17-32(21)26(34)28(29,30)31/h3-15,21-22,33H,16-18H2,1-2H3. The molecule has 0 bridgehead atoms. The number of halogens is 3. The zero-order valence-electron chi connectivity index (χ0n) is 20.4. The van der Waals surface area contributed by atoms with Gasteiger partial charge in [0.25, 0.3) is 0 Å². The van der Waals surface area contributed by atoms with Crippen molar-refractivity contribution in [3.05, 3.63) is 95.6 Å². The Morgan fingerprint density at radius 1 is 0.919 bits per heavy atom. The fourth-order valence-corrected chi connectivity index (χ4v) is 4.91. The van der Waals surface area contributed by atoms with Crippen molar-refractivity contribution in [2.24, 2.45) is 0 Å². The molecule has 1 aliphatic heterocycles. The lowest BCUT2D eigenvalue weighted by Crippen LogP contribution is -2.47. The lowest BCUT2D eigenvalue weighted by molar-refractivity contribution is -0.188. The number of methoxy groups -OCH3 is 2. The quantitative estimate of drug-likeness (QED) is 0.447. The van der Waals surface area contributed by atoms with Gasteiger partial charge in [-0.25, -0.2) is 0 Å². The maximum atomic E-state index is 13.3. The van der Waals surface area contributed by atoms with Crippen molar-refractivity contribution in [3.63, 3.8) is 0 Å². The average Bonchev–Trinajstić information content (AvgIpc) is 3.29. The zero-order chi connectivity index (χ0) is 26.6. The molecule has 1 N–H and O–H groups in total. The van der Waals surface area contributed by atoms with E-state index in [0.29, 0.717) is 33.1 Å². The Balaban J connectivity index is 1.88. The van der Waals surface area contributed by atoms with Gasteiger partial charge in [-0.05, 0) is 23.6 Å². The number of aliphatic hydroxyl groups is 1. The van der Waals surface area contributed by atoms with Crippen LogP contribution in [-0.2, 0) is 15.1 Å². The number of amides is 1. The molecule has 1 saturated heterocycles. The molecule has 37 heavy (non-hydrogen) atoms. The minimum Gasteiger partial charge on any atom is -0.493 e. The summed E-state index contributed by atoms with van der Waals surface area (Å²) in [6, 6.07) is 22.8. The molecule has 196 valence electrons. The summed E-state index contributed by atoms with van der Waals surface area (Å²) in [6.07, 6.45) is -6.19. The highest BCUT2D eigenvalue weighted by Crippen LogP contribution is 2.47. The second kappa shape index (κ2) is 10.8. The number of hydrogen-bond acceptors (Lipinski definition) is 5. The number of β-amino-alcohol motifs (C(OH)–C–C–N with tert-alkyl or cyclic N) is 1. The summed E-state index contributed by atoms with van der Waals surface area (Å²) in [4.78, 5) is 12.8. The Bertz CT molecular complexity index is 1160. The van der Waals surface area contributed by atoms with E-state index < -0.39 is 36.4 Å². The predicted molar refractivity (Wildman–Crippen MR) is 130 cm³/mol. The smallest absolute Gasteiger partial charge is 0.471 e. The summed E-state index contributed by atoms with van der Waals surface area (Å²) in [6.45, 7) is -0.693. The van der Waals surface area contributed by atoms with Crippen molar-refractivity contribution in [1.29, 1.82) is 0 Å². The molecule has 0 aliphatic carbocycles. The number of alkyl halides is 3. The SMILES string of the molecule is COc1cccc(C(OCC2CC(O)CN2C(=O)C(F)(F)F)(c2ccccc2)c2ccccc2)c1OC. The van der Waals surface area contributed by atoms with E-state index >= 15 is 0 Å². The highest BCUT2D eigenvalue weighted by Gasteiger charge is 2.49. The van der Waals surface area contributed by atoms with Crippen LogP contribution in [0.15, 0.2) is 78.9 Å². The van der Waals surface area contributed by atoms with Crippen molar-refractivity contribution >= 4 is 5.91 Å². The molecule has 0 saturated carbocycles. The lowest BCUT2D eigenvalue weighted by Gasteiger charge is -2.38. The first-order valence-corrected chi connectivity index (χ1v) is 11.7. The Kier molecular flexibility index (Phi) is 7.75. The number of carbonyl (C=O) groups is 1. The fourth-order valence-electron chi connectivity index (χ4n) is 4.91. The fraction of sp³-hybridized carbons (Fsp3) is 0.321. The van der Waals surface area contributed by atoms with Crippen molar-refractivity contribution in [1.82, 2.24) is 4.90 Å². The molecular weight excluding hydrogens is 487 g/mol. The Labute approximate surface area is 213 Å². The van der Waals surface area contributed by atoms with Gasteiger partial charge in [-0.2, -0.15) is 13.2 Å². The van der Waals surface area contributed by atoms with Gasteiger partial charge in [0.1, 0.15) is 5.60 Å². The van der Waals surface area contributed by atoms with E-state index in [9.17, 15) is 23.1 Å². The van der Waals surface area contributed by atoms with Crippen LogP contribution in [0.5, 0.6) is 11.5 Å². The summed E-state index contributed by atoms with van der Waals surface area (Å²) >= 11 is 0. The van der Waals surface area contributed by atoms with Gasteiger partial charge < -0.3 is 24.2 Å². The minimum atomic E-state index is -5.06. The van der Waals surface area contributed by atoms with E-state index in [-0.39, 0.29) is 13.0 Å². The molecule has 9 heteroatoms. The van der Waals surface area contributed by atoms with Crippen LogP contribution in [0.3, 0.4) is 0 Å². The van der Waals surface area contributed by atoms with Crippen LogP contribution in [0.1, 0.15) is 23.1 Å². The van der Waals surface area contributed by atoms with Gasteiger partial charge in [-0.3, -0.25) is 4.79 Å². The van der Waals surface area contributed by atoms with Gasteiger partial charge >= 0.3 is 12.1 Å². The summed E-state index contributed by atoms with van der Waals surface area (Å²) < 4.78 is 57.9. The average molecular weight is 516 g/mol. The number of likely N-dealkylation sites (tertiary alicyclic amines) is 1. The van der Waals surface area contributed by atoms with Crippen LogP contribution >= 0.6 is 0 Å². The second-order valence-corrected chi connectivity index (χ2v) is 8.76. The van der Waals surface area contributed by atoms with E-state index in [1.165, 1.54) is 14.2 Å². The zero-order valence-corrected chi connectivity index (χ0v) is 20.4. The van der Waals surface area contributed by atoms with E-state index in [1.54, 1.807) is 12.1 Å². The number of rotatable bonds is 8. The molecule has 4 rings (SSSR count). The third-order valence-electron chi connectivity index (χ3n) is 6.53. The molecule has 0 radical (unpaired) electrons. The van der Waals surface area contributed by atoms with Crippen molar-refractivity contribution in [2.75, 3.05) is 27.4 Å². The molecular formula is C28H28F3NO5. The van der Waals surface area contributed by atoms with Gasteiger partial charge in [-0.15, -0.1) is 0 Å². The Hall–Kier alpha value is -3.56. The molecule has 2 unspecified atom stereocenters. The summed E-state index contributed by atoms with van der Waals surface area (Å²) in [7, 11) is 3.01. The maximum Gasteiger partial charge on any atom is 0.471 e. The number of hydrogen-bond donors (Lipinski definition) is 1. The number of aliphatic hydroxyl groups excluding tert-OH is 1. The second-order valence-electron chi connectivity index (χ2n) is 8.76. The minimum absolute atomic E-state index is 0.0449. The molecule has 3 aromatic rings. The van der Waals surface area contributed by atoms with Gasteiger partial charge in [-0.1, -0.05) is 72.8 Å². The molecule has 3 aromatic carbocycles. The number of benzene rings is 3. The number of carbonyl (C=O) groups excluding carboxylic acids is 1. The first-order valence-electron chi connectivity index (χ1n) is 11.7. The Morgan fingerprint density at radius 3 is 2.03 bits per heavy atom. The van der Waals surface area contributed by atoms with E-state index in [0.717, 1.165) is 0 Å². The molecule has 1 amide bonds. The summed E-state index contributed by atoms with van der Waals surface area (Å²) in [5.74, 6) is -1.15. The number of ether oxygens (including phenoxy) is 3. The molecule has 6 nitrogen and oxygen atoms in total. The maximum absolute atomic E-state index is 13.3. The molecule has 1 fully saturated rings. The van der Waals surface area contributed by atoms with Crippen LogP contribution in [0.2, 0.25) is 0 Å². The van der Waals surface area contributed by atoms with Gasteiger partial charge in [0.2, 0.25) is 0 Å². The topological polar surface area (TPSA) is 68.2 Å². The number of nitrogens with zero attached hydrogens (tertiary/aromatic N) is 1. The summed E-state index contributed by atoms with van der Waals surface area (Å²) in [5, 5.41) is 10.2. The molecule has 1 heterocycles. The van der Waals surface area contributed by atoms with Crippen LogP contribution in [-0.4, -0.2) is 61.6 Å². The van der Waals surface area contributed by atoms with Crippen molar-refractivity contribution < 1.29 is 37.3 Å². The van der Waals surface area contributed by atoms with Crippen LogP contribution in [0.25, 0.3) is 0 Å². The van der Waals surface area contributed by atoms with Gasteiger partial charge in [0.05, 0.1) is 33.0 Å². The predicted octanol–water partition coefficient (Wildman–Crippen LogP) is 4.54. The first kappa shape index (κ1) is 26.5. The first-order chi connectivity index (χ1) is 17.7. The third-order valence-corrected chi connectivity index (χ3v) is 6.53. The highest BCUT2D eigenvalue weighted by atomic mass is 19.4. The molecule has 1 aliphatic rings. The van der Waals surface area contributed by atoms with E-state index in [4.69, 9.17) is 14.2 Å². The van der Waals surface area contributed by atoms with Gasteiger partial charge in [0.15, 0.2) is 11.5 Å². The molecule has 0 spiro atoms. The van der Waals surface area contributed by atoms with Crippen molar-refractivity contribution in [3.8, 4) is 11.5 Å². The molecule has 0 aromatic heterocycles. The van der Waals surface area contributed by atoms with Crippen LogP contribution in [0.4, 0.5) is 13.2 Å². The van der Waals surface area contributed by atoms with Crippen molar-refractivity contribution in [2.45, 2.75) is 30.3 Å². The summed E-state index contributed by atoms with van der Waals surface area (Å²) in [5.41, 5.74) is 0.613. The van der Waals surface area contributed by atoms with Crippen LogP contribution < -0.4 is 9.47 Å². The number of para-hydroxylation sites is 1. The largest absolute Gasteiger partial charge is 0.493 e. The van der Waals surface area contributed by atoms with E-state index in [2.05, 4.69) is 0 Å². The van der Waals surface area contributed by atoms with Gasteiger partial charge in [0, 0.05) is 12.1 Å². The lowest BCUT2D eigenvalue weighted by atomic mass is 9.79. The van der Waals surface area contributed by atoms with Crippen LogP contribution in [0, 0.1) is 0 Å². The monoisotopic (exact) mass is 515 g/mol. The normalized spacial score (nSPS) is 18.1. The molecule has 2 atom stereocenters. The highest BCUT2D eigenvalue weighted by molar-refractivity contribution is 5.82. The third kappa shape index (κ3) is 5.14. The van der Waals surface area contributed by atoms with E-state index in [1.807, 2.05) is 66.7 Å².